The van der Waals surface area contributed by atoms with Crippen molar-refractivity contribution in [1.82, 2.24) is 4.67 Å². The van der Waals surface area contributed by atoms with Crippen molar-refractivity contribution >= 4 is 7.75 Å². The first-order chi connectivity index (χ1) is 7.49. The minimum Gasteiger partial charge on any atom is -0.297 e. The molecule has 0 saturated heterocycles. The highest BCUT2D eigenvalue weighted by molar-refractivity contribution is 7.51. The van der Waals surface area contributed by atoms with Crippen molar-refractivity contribution in [1.29, 1.82) is 0 Å². The maximum absolute atomic E-state index is 12.9. The minimum absolute atomic E-state index is 0.294. The Kier molecular flexibility index (Phi) is 5.87. The van der Waals surface area contributed by atoms with Crippen molar-refractivity contribution in [2.24, 2.45) is 0 Å². The molecule has 0 spiro atoms. The maximum atomic E-state index is 12.9. The summed E-state index contributed by atoms with van der Waals surface area (Å²) >= 11 is 0. The van der Waals surface area contributed by atoms with Crippen LogP contribution in [0.5, 0.6) is 0 Å². The van der Waals surface area contributed by atoms with Gasteiger partial charge in [-0.25, -0.2) is 4.57 Å². The van der Waals surface area contributed by atoms with E-state index < -0.39 is 7.75 Å². The molecular weight excluding hydrogens is 237 g/mol. The van der Waals surface area contributed by atoms with E-state index in [4.69, 9.17) is 9.05 Å². The Labute approximate surface area is 106 Å². The molecule has 0 atom stereocenters. The molecule has 0 heterocycles. The number of nitrogens with zero attached hydrogens (tertiary/aromatic N) is 1. The molecule has 5 heteroatoms. The van der Waals surface area contributed by atoms with Crippen molar-refractivity contribution in [2.45, 2.75) is 66.5 Å². The molecule has 0 aromatic carbocycles. The van der Waals surface area contributed by atoms with Gasteiger partial charge in [-0.2, -0.15) is 4.67 Å². The van der Waals surface area contributed by atoms with Gasteiger partial charge < -0.3 is 0 Å². The fourth-order valence-electron chi connectivity index (χ4n) is 2.22. The van der Waals surface area contributed by atoms with Crippen LogP contribution in [-0.2, 0) is 13.6 Å². The highest BCUT2D eigenvalue weighted by atomic mass is 31.2. The lowest BCUT2D eigenvalue weighted by Gasteiger charge is -2.47. The summed E-state index contributed by atoms with van der Waals surface area (Å²) in [6, 6.07) is 0. The average Bonchev–Trinajstić information content (AvgIpc) is 1.97. The van der Waals surface area contributed by atoms with E-state index in [0.717, 1.165) is 0 Å². The Morgan fingerprint density at radius 1 is 0.882 bits per heavy atom. The fraction of sp³-hybridized carbons (Fsp3) is 1.00. The summed E-state index contributed by atoms with van der Waals surface area (Å²) in [5, 5.41) is 0. The van der Waals surface area contributed by atoms with Crippen LogP contribution in [0.1, 0.15) is 55.4 Å². The zero-order valence-electron chi connectivity index (χ0n) is 12.5. The van der Waals surface area contributed by atoms with E-state index in [9.17, 15) is 4.57 Å². The summed E-state index contributed by atoms with van der Waals surface area (Å²) in [4.78, 5) is 0. The molecule has 0 saturated carbocycles. The zero-order chi connectivity index (χ0) is 13.9. The van der Waals surface area contributed by atoms with Crippen LogP contribution in [0.3, 0.4) is 0 Å². The molecule has 0 N–H and O–H groups in total. The van der Waals surface area contributed by atoms with Crippen molar-refractivity contribution in [3.05, 3.63) is 0 Å². The van der Waals surface area contributed by atoms with Crippen LogP contribution in [0.2, 0.25) is 0 Å². The van der Waals surface area contributed by atoms with E-state index in [0.29, 0.717) is 13.2 Å². The van der Waals surface area contributed by atoms with Gasteiger partial charge in [-0.05, 0) is 55.4 Å². The highest BCUT2D eigenvalue weighted by Crippen LogP contribution is 2.58. The molecule has 0 aromatic heterocycles. The quantitative estimate of drug-likeness (QED) is 0.702. The molecule has 0 bridgehead atoms. The third kappa shape index (κ3) is 4.70. The van der Waals surface area contributed by atoms with Gasteiger partial charge in [0.1, 0.15) is 0 Å². The largest absolute Gasteiger partial charge is 0.409 e. The average molecular weight is 265 g/mol. The Morgan fingerprint density at radius 3 is 1.35 bits per heavy atom. The molecular formula is C12H28NO3P. The second-order valence-corrected chi connectivity index (χ2v) is 7.81. The summed E-state index contributed by atoms with van der Waals surface area (Å²) in [6.45, 7) is 16.5. The van der Waals surface area contributed by atoms with Crippen LogP contribution in [0, 0.1) is 0 Å². The number of rotatable bonds is 5. The maximum Gasteiger partial charge on any atom is 0.409 e. The Morgan fingerprint density at radius 2 is 1.18 bits per heavy atom. The molecule has 0 aliphatic carbocycles. The van der Waals surface area contributed by atoms with Gasteiger partial charge in [0.05, 0.1) is 13.2 Å². The normalized spacial score (nSPS) is 14.4. The van der Waals surface area contributed by atoms with Crippen LogP contribution >= 0.6 is 7.75 Å². The third-order valence-corrected chi connectivity index (χ3v) is 4.96. The van der Waals surface area contributed by atoms with E-state index in [1.54, 1.807) is 0 Å². The molecule has 0 rings (SSSR count). The van der Waals surface area contributed by atoms with E-state index >= 15 is 0 Å². The molecule has 0 aromatic rings. The molecule has 4 nitrogen and oxygen atoms in total. The standard InChI is InChI=1S/C12H28NO3P/c1-9-15-17(14,16-10-2)13(11(3,4)5)12(6,7)8/h9-10H2,1-8H3. The smallest absolute Gasteiger partial charge is 0.297 e. The predicted molar refractivity (Wildman–Crippen MR) is 72.2 cm³/mol. The molecule has 0 amide bonds. The van der Waals surface area contributed by atoms with Gasteiger partial charge in [0.15, 0.2) is 0 Å². The zero-order valence-corrected chi connectivity index (χ0v) is 13.4. The monoisotopic (exact) mass is 265 g/mol. The lowest BCUT2D eigenvalue weighted by atomic mass is 10.0. The van der Waals surface area contributed by atoms with Gasteiger partial charge in [-0.15, -0.1) is 0 Å². The van der Waals surface area contributed by atoms with Gasteiger partial charge in [-0.3, -0.25) is 9.05 Å². The van der Waals surface area contributed by atoms with Crippen LogP contribution in [0.15, 0.2) is 0 Å². The van der Waals surface area contributed by atoms with Gasteiger partial charge in [0, 0.05) is 11.1 Å². The number of hydrogen-bond acceptors (Lipinski definition) is 3. The SMILES string of the molecule is CCOP(=O)(OCC)N(C(C)(C)C)C(C)(C)C. The summed E-state index contributed by atoms with van der Waals surface area (Å²) in [6.07, 6.45) is 0. The molecule has 17 heavy (non-hydrogen) atoms. The first kappa shape index (κ1) is 17.1. The first-order valence-corrected chi connectivity index (χ1v) is 7.68. The van der Waals surface area contributed by atoms with Gasteiger partial charge in [-0.1, -0.05) is 0 Å². The lowest BCUT2D eigenvalue weighted by molar-refractivity contribution is 0.0668. The summed E-state index contributed by atoms with van der Waals surface area (Å²) in [7, 11) is -3.24. The predicted octanol–water partition coefficient (Wildman–Crippen LogP) is 4.07. The summed E-state index contributed by atoms with van der Waals surface area (Å²) < 4.78 is 25.6. The molecule has 104 valence electrons. The van der Waals surface area contributed by atoms with E-state index in [1.807, 2.05) is 60.1 Å². The van der Waals surface area contributed by atoms with Crippen molar-refractivity contribution in [3.8, 4) is 0 Å². The highest BCUT2D eigenvalue weighted by Gasteiger charge is 2.46. The van der Waals surface area contributed by atoms with Crippen molar-refractivity contribution in [3.63, 3.8) is 0 Å². The van der Waals surface area contributed by atoms with Crippen molar-refractivity contribution < 1.29 is 13.6 Å². The first-order valence-electron chi connectivity index (χ1n) is 6.19. The van der Waals surface area contributed by atoms with Crippen molar-refractivity contribution in [2.75, 3.05) is 13.2 Å². The van der Waals surface area contributed by atoms with Gasteiger partial charge >= 0.3 is 7.75 Å². The Hall–Kier alpha value is 0.110. The van der Waals surface area contributed by atoms with E-state index in [1.165, 1.54) is 0 Å². The van der Waals surface area contributed by atoms with Crippen LogP contribution < -0.4 is 0 Å². The summed E-state index contributed by atoms with van der Waals surface area (Å²) in [5.74, 6) is 0. The molecule has 0 fully saturated rings. The van der Waals surface area contributed by atoms with E-state index in [-0.39, 0.29) is 11.1 Å². The van der Waals surface area contributed by atoms with Gasteiger partial charge in [0.2, 0.25) is 0 Å². The molecule has 0 unspecified atom stereocenters. The van der Waals surface area contributed by atoms with Crippen LogP contribution in [0.25, 0.3) is 0 Å². The topological polar surface area (TPSA) is 38.8 Å². The molecule has 0 aliphatic rings. The Balaban J connectivity index is 5.47. The fourth-order valence-corrected chi connectivity index (χ4v) is 4.65. The van der Waals surface area contributed by atoms with Crippen LogP contribution in [0.4, 0.5) is 0 Å². The minimum atomic E-state index is -3.24. The molecule has 0 aliphatic heterocycles. The second-order valence-electron chi connectivity index (χ2n) is 5.96. The second kappa shape index (κ2) is 5.83. The third-order valence-electron chi connectivity index (χ3n) is 2.10. The summed E-state index contributed by atoms with van der Waals surface area (Å²) in [5.41, 5.74) is -0.587. The number of hydrogen-bond donors (Lipinski definition) is 0. The van der Waals surface area contributed by atoms with E-state index in [2.05, 4.69) is 0 Å². The van der Waals surface area contributed by atoms with Crippen LogP contribution in [-0.4, -0.2) is 29.0 Å². The lowest BCUT2D eigenvalue weighted by Crippen LogP contribution is -2.50. The molecule has 0 radical (unpaired) electrons. The van der Waals surface area contributed by atoms with Gasteiger partial charge in [0.25, 0.3) is 0 Å². The Bertz CT molecular complexity index is 254.